The predicted molar refractivity (Wildman–Crippen MR) is 91.8 cm³/mol. The van der Waals surface area contributed by atoms with Crippen LogP contribution in [0.1, 0.15) is 54.4 Å². The molecule has 0 bridgehead atoms. The molecule has 0 saturated heterocycles. The highest BCUT2D eigenvalue weighted by Gasteiger charge is 2.31. The highest BCUT2D eigenvalue weighted by molar-refractivity contribution is 5.74. The average molecular weight is 360 g/mol. The van der Waals surface area contributed by atoms with Gasteiger partial charge in [-0.1, -0.05) is 13.8 Å². The molecule has 0 radical (unpaired) electrons. The van der Waals surface area contributed by atoms with Crippen molar-refractivity contribution in [2.75, 3.05) is 13.2 Å². The zero-order valence-electron chi connectivity index (χ0n) is 16.2. The van der Waals surface area contributed by atoms with E-state index in [0.29, 0.717) is 12.8 Å². The SMILES string of the molecule is CCOC(=O)C(C)OC(OC(C)C(=O)OCC)C(CC)CC(C)C=O. The molecule has 25 heavy (non-hydrogen) atoms. The predicted octanol–water partition coefficient (Wildman–Crippen LogP) is 2.50. The summed E-state index contributed by atoms with van der Waals surface area (Å²) in [6.45, 7) is 10.8. The maximum Gasteiger partial charge on any atom is 0.335 e. The Morgan fingerprint density at radius 1 is 0.880 bits per heavy atom. The van der Waals surface area contributed by atoms with Crippen LogP contribution in [0.25, 0.3) is 0 Å². The zero-order valence-corrected chi connectivity index (χ0v) is 16.2. The fourth-order valence-corrected chi connectivity index (χ4v) is 2.29. The van der Waals surface area contributed by atoms with Crippen LogP contribution in [-0.2, 0) is 33.3 Å². The summed E-state index contributed by atoms with van der Waals surface area (Å²) in [5, 5.41) is 0. The van der Waals surface area contributed by atoms with E-state index in [1.165, 1.54) is 0 Å². The Morgan fingerprint density at radius 3 is 1.64 bits per heavy atom. The highest BCUT2D eigenvalue weighted by atomic mass is 16.7. The van der Waals surface area contributed by atoms with Gasteiger partial charge in [0.2, 0.25) is 0 Å². The van der Waals surface area contributed by atoms with Gasteiger partial charge in [0.05, 0.1) is 13.2 Å². The first-order valence-electron chi connectivity index (χ1n) is 8.89. The molecule has 0 N–H and O–H groups in total. The lowest BCUT2D eigenvalue weighted by Crippen LogP contribution is -2.39. The molecule has 0 heterocycles. The molecule has 0 aliphatic heterocycles. The molecule has 0 aliphatic rings. The Kier molecular flexibility index (Phi) is 12.1. The Balaban J connectivity index is 5.15. The number of carbonyl (C=O) groups is 3. The van der Waals surface area contributed by atoms with Gasteiger partial charge in [0.25, 0.3) is 0 Å². The normalized spacial score (nSPS) is 17.0. The number of hydrogen-bond donors (Lipinski definition) is 0. The topological polar surface area (TPSA) is 88.1 Å². The smallest absolute Gasteiger partial charge is 0.335 e. The largest absolute Gasteiger partial charge is 0.464 e. The minimum atomic E-state index is -0.847. The van der Waals surface area contributed by atoms with Crippen molar-refractivity contribution in [2.24, 2.45) is 11.8 Å². The van der Waals surface area contributed by atoms with Crippen LogP contribution in [0.3, 0.4) is 0 Å². The summed E-state index contributed by atoms with van der Waals surface area (Å²) in [5.74, 6) is -1.35. The van der Waals surface area contributed by atoms with Crippen LogP contribution < -0.4 is 0 Å². The van der Waals surface area contributed by atoms with Gasteiger partial charge in [0, 0.05) is 11.8 Å². The van der Waals surface area contributed by atoms with Crippen LogP contribution >= 0.6 is 0 Å². The fourth-order valence-electron chi connectivity index (χ4n) is 2.29. The van der Waals surface area contributed by atoms with Gasteiger partial charge < -0.3 is 23.7 Å². The van der Waals surface area contributed by atoms with Crippen molar-refractivity contribution in [1.82, 2.24) is 0 Å². The molecular formula is C18H32O7. The molecule has 4 unspecified atom stereocenters. The fraction of sp³-hybridized carbons (Fsp3) is 0.833. The molecule has 0 spiro atoms. The van der Waals surface area contributed by atoms with Gasteiger partial charge in [-0.25, -0.2) is 9.59 Å². The van der Waals surface area contributed by atoms with Gasteiger partial charge in [0.1, 0.15) is 6.29 Å². The minimum Gasteiger partial charge on any atom is -0.464 e. The molecule has 7 heteroatoms. The van der Waals surface area contributed by atoms with E-state index in [4.69, 9.17) is 18.9 Å². The second kappa shape index (κ2) is 12.8. The Morgan fingerprint density at radius 2 is 1.32 bits per heavy atom. The molecule has 0 aromatic heterocycles. The van der Waals surface area contributed by atoms with E-state index in [-0.39, 0.29) is 25.0 Å². The van der Waals surface area contributed by atoms with E-state index < -0.39 is 30.4 Å². The number of esters is 2. The average Bonchev–Trinajstić information content (AvgIpc) is 2.58. The molecule has 0 aromatic rings. The molecule has 0 amide bonds. The number of aldehydes is 1. The number of rotatable bonds is 13. The van der Waals surface area contributed by atoms with Gasteiger partial charge in [-0.15, -0.1) is 0 Å². The maximum absolute atomic E-state index is 11.8. The number of carbonyl (C=O) groups excluding carboxylic acids is 3. The number of ether oxygens (including phenoxy) is 4. The third kappa shape index (κ3) is 8.97. The van der Waals surface area contributed by atoms with Gasteiger partial charge >= 0.3 is 11.9 Å². The van der Waals surface area contributed by atoms with Crippen molar-refractivity contribution in [3.8, 4) is 0 Å². The van der Waals surface area contributed by atoms with Crippen molar-refractivity contribution >= 4 is 18.2 Å². The first-order chi connectivity index (χ1) is 11.8. The van der Waals surface area contributed by atoms with Crippen LogP contribution in [0.5, 0.6) is 0 Å². The Bertz CT molecular complexity index is 384. The van der Waals surface area contributed by atoms with E-state index in [1.54, 1.807) is 34.6 Å². The van der Waals surface area contributed by atoms with Crippen LogP contribution in [0.15, 0.2) is 0 Å². The summed E-state index contributed by atoms with van der Waals surface area (Å²) >= 11 is 0. The van der Waals surface area contributed by atoms with Gasteiger partial charge in [0.15, 0.2) is 18.5 Å². The molecule has 146 valence electrons. The summed E-state index contributed by atoms with van der Waals surface area (Å²) in [6.07, 6.45) is -0.474. The first-order valence-corrected chi connectivity index (χ1v) is 8.89. The summed E-state index contributed by atoms with van der Waals surface area (Å²) in [5.41, 5.74) is 0. The van der Waals surface area contributed by atoms with Crippen molar-refractivity contribution in [2.45, 2.75) is 72.9 Å². The van der Waals surface area contributed by atoms with Crippen LogP contribution in [-0.4, -0.2) is 49.9 Å². The van der Waals surface area contributed by atoms with E-state index in [1.807, 2.05) is 6.92 Å². The lowest BCUT2D eigenvalue weighted by molar-refractivity contribution is -0.227. The molecule has 4 atom stereocenters. The lowest BCUT2D eigenvalue weighted by Gasteiger charge is -2.31. The molecule has 0 aromatic carbocycles. The Labute approximate surface area is 150 Å². The summed E-state index contributed by atoms with van der Waals surface area (Å²) in [7, 11) is 0. The maximum atomic E-state index is 11.8. The quantitative estimate of drug-likeness (QED) is 0.283. The molecule has 0 aliphatic carbocycles. The van der Waals surface area contributed by atoms with E-state index in [9.17, 15) is 14.4 Å². The summed E-state index contributed by atoms with van der Waals surface area (Å²) < 4.78 is 21.4. The van der Waals surface area contributed by atoms with Gasteiger partial charge in [-0.3, -0.25) is 0 Å². The van der Waals surface area contributed by atoms with Crippen molar-refractivity contribution in [3.63, 3.8) is 0 Å². The molecule has 0 rings (SSSR count). The third-order valence-corrected chi connectivity index (χ3v) is 3.73. The lowest BCUT2D eigenvalue weighted by atomic mass is 9.93. The molecule has 0 saturated carbocycles. The Hall–Kier alpha value is -1.47. The number of hydrogen-bond acceptors (Lipinski definition) is 7. The van der Waals surface area contributed by atoms with Crippen molar-refractivity contribution in [1.29, 1.82) is 0 Å². The van der Waals surface area contributed by atoms with Crippen molar-refractivity contribution in [3.05, 3.63) is 0 Å². The van der Waals surface area contributed by atoms with E-state index in [0.717, 1.165) is 6.29 Å². The molecule has 0 fully saturated rings. The molecular weight excluding hydrogens is 328 g/mol. The van der Waals surface area contributed by atoms with Crippen LogP contribution in [0, 0.1) is 11.8 Å². The summed E-state index contributed by atoms with van der Waals surface area (Å²) in [6, 6.07) is 0. The summed E-state index contributed by atoms with van der Waals surface area (Å²) in [4.78, 5) is 34.7. The molecule has 7 nitrogen and oxygen atoms in total. The third-order valence-electron chi connectivity index (χ3n) is 3.73. The van der Waals surface area contributed by atoms with Crippen LogP contribution in [0.4, 0.5) is 0 Å². The first kappa shape index (κ1) is 23.5. The standard InChI is InChI=1S/C18H32O7/c1-7-15(10-12(4)11-19)18(24-13(5)16(20)22-8-2)25-14(6)17(21)23-9-3/h11-15,18H,7-10H2,1-6H3. The van der Waals surface area contributed by atoms with Gasteiger partial charge in [-0.05, 0) is 40.5 Å². The van der Waals surface area contributed by atoms with Crippen LogP contribution in [0.2, 0.25) is 0 Å². The monoisotopic (exact) mass is 360 g/mol. The minimum absolute atomic E-state index is 0.158. The second-order valence-corrected chi connectivity index (χ2v) is 5.95. The second-order valence-electron chi connectivity index (χ2n) is 5.95. The van der Waals surface area contributed by atoms with Crippen molar-refractivity contribution < 1.29 is 33.3 Å². The van der Waals surface area contributed by atoms with Gasteiger partial charge in [-0.2, -0.15) is 0 Å². The van der Waals surface area contributed by atoms with E-state index in [2.05, 4.69) is 0 Å². The zero-order chi connectivity index (χ0) is 19.4. The van der Waals surface area contributed by atoms with E-state index >= 15 is 0 Å². The highest BCUT2D eigenvalue weighted by Crippen LogP contribution is 2.24.